The summed E-state index contributed by atoms with van der Waals surface area (Å²) in [5, 5.41) is 2.64. The summed E-state index contributed by atoms with van der Waals surface area (Å²) in [6.07, 6.45) is 6.56. The smallest absolute Gasteiger partial charge is 0.243 e. The van der Waals surface area contributed by atoms with Crippen LogP contribution in [0.1, 0.15) is 19.3 Å². The third kappa shape index (κ3) is 1.77. The fourth-order valence-electron chi connectivity index (χ4n) is 1.55. The van der Waals surface area contributed by atoms with E-state index in [-0.39, 0.29) is 5.91 Å². The van der Waals surface area contributed by atoms with Crippen LogP contribution in [-0.2, 0) is 4.79 Å². The second-order valence-electron chi connectivity index (χ2n) is 3.64. The highest BCUT2D eigenvalue weighted by atomic mass is 16.2. The van der Waals surface area contributed by atoms with E-state index < -0.39 is 6.04 Å². The molecule has 0 bridgehead atoms. The number of nitrogens with two attached hydrogens (primary N) is 1. The first kappa shape index (κ1) is 9.21. The van der Waals surface area contributed by atoms with Gasteiger partial charge in [-0.05, 0) is 18.8 Å². The van der Waals surface area contributed by atoms with Crippen molar-refractivity contribution in [2.75, 3.05) is 5.32 Å². The van der Waals surface area contributed by atoms with Gasteiger partial charge >= 0.3 is 0 Å². The number of hydrogen-bond donors (Lipinski definition) is 3. The van der Waals surface area contributed by atoms with Gasteiger partial charge in [0.15, 0.2) is 0 Å². The first-order chi connectivity index (χ1) is 6.77. The Bertz CT molecular complexity index is 305. The summed E-state index contributed by atoms with van der Waals surface area (Å²) in [6.45, 7) is 0. The summed E-state index contributed by atoms with van der Waals surface area (Å²) in [4.78, 5) is 18.2. The third-order valence-corrected chi connectivity index (χ3v) is 2.70. The molecule has 76 valence electrons. The molecule has 1 aliphatic carbocycles. The van der Waals surface area contributed by atoms with Gasteiger partial charge in [0.05, 0.1) is 6.04 Å². The molecule has 1 aromatic heterocycles. The lowest BCUT2D eigenvalue weighted by Crippen LogP contribution is -2.44. The zero-order valence-electron chi connectivity index (χ0n) is 7.86. The van der Waals surface area contributed by atoms with Crippen molar-refractivity contribution >= 4 is 11.9 Å². The molecule has 5 heteroatoms. The van der Waals surface area contributed by atoms with Crippen LogP contribution in [0.25, 0.3) is 0 Å². The molecule has 1 aliphatic rings. The fraction of sp³-hybridized carbons (Fsp3) is 0.556. The minimum Gasteiger partial charge on any atom is -0.331 e. The molecule has 14 heavy (non-hydrogen) atoms. The molecule has 2 rings (SSSR count). The monoisotopic (exact) mass is 194 g/mol. The number of amides is 1. The van der Waals surface area contributed by atoms with Crippen LogP contribution >= 0.6 is 0 Å². The molecule has 0 radical (unpaired) electrons. The van der Waals surface area contributed by atoms with Crippen molar-refractivity contribution < 1.29 is 4.79 Å². The van der Waals surface area contributed by atoms with Crippen molar-refractivity contribution in [1.29, 1.82) is 0 Å². The Kier molecular flexibility index (Phi) is 2.49. The number of H-pyrrole nitrogens is 1. The van der Waals surface area contributed by atoms with Gasteiger partial charge < -0.3 is 10.7 Å². The van der Waals surface area contributed by atoms with E-state index in [0.717, 1.165) is 12.8 Å². The molecular formula is C9H14N4O. The maximum Gasteiger partial charge on any atom is 0.243 e. The molecular weight excluding hydrogens is 180 g/mol. The SMILES string of the molecule is NC(C(=O)Nc1ncc[nH]1)C1CCC1. The number of rotatable bonds is 3. The Balaban J connectivity index is 1.88. The van der Waals surface area contributed by atoms with Crippen LogP contribution < -0.4 is 11.1 Å². The lowest BCUT2D eigenvalue weighted by Gasteiger charge is -2.29. The highest BCUT2D eigenvalue weighted by Gasteiger charge is 2.29. The summed E-state index contributed by atoms with van der Waals surface area (Å²) >= 11 is 0. The highest BCUT2D eigenvalue weighted by molar-refractivity contribution is 5.93. The number of carbonyl (C=O) groups excluding carboxylic acids is 1. The Hall–Kier alpha value is -1.36. The van der Waals surface area contributed by atoms with E-state index in [1.165, 1.54) is 6.42 Å². The lowest BCUT2D eigenvalue weighted by molar-refractivity contribution is -0.119. The van der Waals surface area contributed by atoms with Crippen molar-refractivity contribution in [3.05, 3.63) is 12.4 Å². The molecule has 0 spiro atoms. The van der Waals surface area contributed by atoms with Crippen LogP contribution in [0.15, 0.2) is 12.4 Å². The van der Waals surface area contributed by atoms with Gasteiger partial charge in [-0.25, -0.2) is 4.98 Å². The second-order valence-corrected chi connectivity index (χ2v) is 3.64. The van der Waals surface area contributed by atoms with Gasteiger partial charge in [0.1, 0.15) is 0 Å². The number of nitrogens with zero attached hydrogens (tertiary/aromatic N) is 1. The van der Waals surface area contributed by atoms with Gasteiger partial charge in [0, 0.05) is 12.4 Å². The number of anilines is 1. The average molecular weight is 194 g/mol. The van der Waals surface area contributed by atoms with Gasteiger partial charge in [-0.2, -0.15) is 0 Å². The molecule has 1 amide bonds. The summed E-state index contributed by atoms with van der Waals surface area (Å²) in [5.41, 5.74) is 5.79. The third-order valence-electron chi connectivity index (χ3n) is 2.70. The van der Waals surface area contributed by atoms with E-state index >= 15 is 0 Å². The Morgan fingerprint density at radius 1 is 1.71 bits per heavy atom. The van der Waals surface area contributed by atoms with Crippen molar-refractivity contribution in [3.8, 4) is 0 Å². The van der Waals surface area contributed by atoms with Crippen LogP contribution in [0, 0.1) is 5.92 Å². The predicted octanol–water partition coefficient (Wildman–Crippen LogP) is 0.476. The van der Waals surface area contributed by atoms with E-state index in [2.05, 4.69) is 15.3 Å². The average Bonchev–Trinajstić information content (AvgIpc) is 2.53. The van der Waals surface area contributed by atoms with Crippen LogP contribution in [0.5, 0.6) is 0 Å². The molecule has 1 heterocycles. The predicted molar refractivity (Wildman–Crippen MR) is 52.5 cm³/mol. The number of nitrogens with one attached hydrogen (secondary N) is 2. The van der Waals surface area contributed by atoms with Gasteiger partial charge in [0.25, 0.3) is 0 Å². The molecule has 1 saturated carbocycles. The Labute approximate surface area is 82.1 Å². The van der Waals surface area contributed by atoms with E-state index in [1.54, 1.807) is 12.4 Å². The van der Waals surface area contributed by atoms with Crippen molar-refractivity contribution in [2.45, 2.75) is 25.3 Å². The van der Waals surface area contributed by atoms with Gasteiger partial charge in [-0.15, -0.1) is 0 Å². The summed E-state index contributed by atoms with van der Waals surface area (Å²) in [6, 6.07) is -0.395. The molecule has 1 aromatic rings. The minimum atomic E-state index is -0.395. The van der Waals surface area contributed by atoms with E-state index in [0.29, 0.717) is 11.9 Å². The number of hydrogen-bond acceptors (Lipinski definition) is 3. The normalized spacial score (nSPS) is 18.6. The molecule has 0 aromatic carbocycles. The molecule has 1 atom stereocenters. The maximum absolute atomic E-state index is 11.5. The fourth-order valence-corrected chi connectivity index (χ4v) is 1.55. The Morgan fingerprint density at radius 3 is 3.00 bits per heavy atom. The topological polar surface area (TPSA) is 83.8 Å². The van der Waals surface area contributed by atoms with Crippen LogP contribution in [0.3, 0.4) is 0 Å². The zero-order valence-corrected chi connectivity index (χ0v) is 7.86. The quantitative estimate of drug-likeness (QED) is 0.654. The van der Waals surface area contributed by atoms with Crippen LogP contribution in [-0.4, -0.2) is 21.9 Å². The molecule has 0 aliphatic heterocycles. The minimum absolute atomic E-state index is 0.148. The number of aromatic nitrogens is 2. The largest absolute Gasteiger partial charge is 0.331 e. The number of imidazole rings is 1. The van der Waals surface area contributed by atoms with Crippen LogP contribution in [0.4, 0.5) is 5.95 Å². The van der Waals surface area contributed by atoms with E-state index in [9.17, 15) is 4.79 Å². The van der Waals surface area contributed by atoms with Crippen molar-refractivity contribution in [2.24, 2.45) is 11.7 Å². The Morgan fingerprint density at radius 2 is 2.50 bits per heavy atom. The molecule has 1 fully saturated rings. The summed E-state index contributed by atoms with van der Waals surface area (Å²) in [5.74, 6) is 0.666. The molecule has 1 unspecified atom stereocenters. The molecule has 4 N–H and O–H groups in total. The molecule has 5 nitrogen and oxygen atoms in total. The number of aromatic amines is 1. The van der Waals surface area contributed by atoms with E-state index in [1.807, 2.05) is 0 Å². The molecule has 0 saturated heterocycles. The number of carbonyl (C=O) groups is 1. The van der Waals surface area contributed by atoms with Crippen LogP contribution in [0.2, 0.25) is 0 Å². The highest BCUT2D eigenvalue weighted by Crippen LogP contribution is 2.28. The van der Waals surface area contributed by atoms with Gasteiger partial charge in [-0.1, -0.05) is 6.42 Å². The standard InChI is InChI=1S/C9H14N4O/c10-7(6-2-1-3-6)8(14)13-9-11-4-5-12-9/h4-7H,1-3,10H2,(H2,11,12,13,14). The van der Waals surface area contributed by atoms with Gasteiger partial charge in [-0.3, -0.25) is 10.1 Å². The van der Waals surface area contributed by atoms with Crippen molar-refractivity contribution in [3.63, 3.8) is 0 Å². The second kappa shape index (κ2) is 3.79. The zero-order chi connectivity index (χ0) is 9.97. The first-order valence-corrected chi connectivity index (χ1v) is 4.83. The summed E-state index contributed by atoms with van der Waals surface area (Å²) in [7, 11) is 0. The van der Waals surface area contributed by atoms with Gasteiger partial charge in [0.2, 0.25) is 11.9 Å². The lowest BCUT2D eigenvalue weighted by atomic mass is 9.80. The maximum atomic E-state index is 11.5. The van der Waals surface area contributed by atoms with E-state index in [4.69, 9.17) is 5.73 Å². The summed E-state index contributed by atoms with van der Waals surface area (Å²) < 4.78 is 0. The van der Waals surface area contributed by atoms with Crippen molar-refractivity contribution in [1.82, 2.24) is 9.97 Å². The first-order valence-electron chi connectivity index (χ1n) is 4.83.